The van der Waals surface area contributed by atoms with Gasteiger partial charge in [-0.05, 0) is 36.8 Å². The van der Waals surface area contributed by atoms with Gasteiger partial charge in [0.1, 0.15) is 0 Å². The summed E-state index contributed by atoms with van der Waals surface area (Å²) in [7, 11) is 0. The summed E-state index contributed by atoms with van der Waals surface area (Å²) in [5.41, 5.74) is 6.49. The van der Waals surface area contributed by atoms with E-state index in [9.17, 15) is 4.79 Å². The summed E-state index contributed by atoms with van der Waals surface area (Å²) in [5, 5.41) is 22.4. The zero-order valence-corrected chi connectivity index (χ0v) is 18.7. The van der Waals surface area contributed by atoms with Crippen LogP contribution in [-0.2, 0) is 4.79 Å². The minimum Gasteiger partial charge on any atom is -0.272 e. The molecule has 1 aromatic heterocycles. The summed E-state index contributed by atoms with van der Waals surface area (Å²) in [6.07, 6.45) is 0. The lowest BCUT2D eigenvalue weighted by atomic mass is 10.1. The van der Waals surface area contributed by atoms with E-state index in [1.807, 2.05) is 65.2 Å². The van der Waals surface area contributed by atoms with Gasteiger partial charge >= 0.3 is 0 Å². The number of thioether (sulfide) groups is 1. The Kier molecular flexibility index (Phi) is 6.93. The molecule has 0 aliphatic rings. The number of nitriles is 1. The number of hydrogen-bond donors (Lipinski definition) is 1. The van der Waals surface area contributed by atoms with Crippen molar-refractivity contribution in [1.82, 2.24) is 20.2 Å². The molecule has 8 heteroatoms. The Balaban J connectivity index is 1.48. The van der Waals surface area contributed by atoms with Gasteiger partial charge in [0.25, 0.3) is 5.91 Å². The third kappa shape index (κ3) is 5.34. The zero-order valence-electron chi connectivity index (χ0n) is 17.8. The Morgan fingerprint density at radius 1 is 1.00 bits per heavy atom. The molecule has 0 spiro atoms. The molecule has 33 heavy (non-hydrogen) atoms. The number of nitrogens with one attached hydrogen (secondary N) is 1. The van der Waals surface area contributed by atoms with Gasteiger partial charge < -0.3 is 0 Å². The van der Waals surface area contributed by atoms with Gasteiger partial charge in [0.15, 0.2) is 11.0 Å². The highest BCUT2D eigenvalue weighted by atomic mass is 32.2. The standard InChI is InChI=1S/C25H20N6OS/c1-18(20-14-12-19(16-26)13-15-20)27-28-23(32)17-33-25-30-29-24(21-8-4-2-5-9-21)31(25)22-10-6-3-7-11-22/h2-15H,17H2,1H3,(H,28,32)/b27-18-. The molecule has 4 aromatic rings. The van der Waals surface area contributed by atoms with Gasteiger partial charge in [-0.2, -0.15) is 10.4 Å². The van der Waals surface area contributed by atoms with Crippen molar-refractivity contribution in [3.8, 4) is 23.1 Å². The van der Waals surface area contributed by atoms with Crippen molar-refractivity contribution in [3.05, 3.63) is 96.1 Å². The van der Waals surface area contributed by atoms with E-state index in [0.29, 0.717) is 22.3 Å². The lowest BCUT2D eigenvalue weighted by Gasteiger charge is -2.10. The van der Waals surface area contributed by atoms with Crippen molar-refractivity contribution in [3.63, 3.8) is 0 Å². The van der Waals surface area contributed by atoms with Crippen LogP contribution in [0.1, 0.15) is 18.1 Å². The fourth-order valence-electron chi connectivity index (χ4n) is 3.11. The quantitative estimate of drug-likeness (QED) is 0.254. The van der Waals surface area contributed by atoms with Crippen LogP contribution in [0.25, 0.3) is 17.1 Å². The van der Waals surface area contributed by atoms with Crippen molar-refractivity contribution >= 4 is 23.4 Å². The van der Waals surface area contributed by atoms with Crippen LogP contribution in [0, 0.1) is 11.3 Å². The van der Waals surface area contributed by atoms with Crippen molar-refractivity contribution in [2.75, 3.05) is 5.75 Å². The van der Waals surface area contributed by atoms with Crippen molar-refractivity contribution in [2.45, 2.75) is 12.1 Å². The van der Waals surface area contributed by atoms with E-state index in [0.717, 1.165) is 16.8 Å². The number of hydrogen-bond acceptors (Lipinski definition) is 6. The van der Waals surface area contributed by atoms with Crippen LogP contribution >= 0.6 is 11.8 Å². The molecule has 0 unspecified atom stereocenters. The van der Waals surface area contributed by atoms with E-state index in [-0.39, 0.29) is 11.7 Å². The summed E-state index contributed by atoms with van der Waals surface area (Å²) in [6, 6.07) is 28.7. The van der Waals surface area contributed by atoms with Gasteiger partial charge in [-0.1, -0.05) is 72.4 Å². The van der Waals surface area contributed by atoms with Gasteiger partial charge in [0.05, 0.1) is 23.1 Å². The predicted octanol–water partition coefficient (Wildman–Crippen LogP) is 4.44. The van der Waals surface area contributed by atoms with Gasteiger partial charge in [0, 0.05) is 11.3 Å². The first-order valence-electron chi connectivity index (χ1n) is 10.2. The molecule has 0 saturated heterocycles. The molecule has 0 radical (unpaired) electrons. The number of hydrazone groups is 1. The highest BCUT2D eigenvalue weighted by molar-refractivity contribution is 7.99. The maximum absolute atomic E-state index is 12.4. The monoisotopic (exact) mass is 452 g/mol. The molecule has 1 heterocycles. The first-order chi connectivity index (χ1) is 16.2. The molecule has 0 atom stereocenters. The summed E-state index contributed by atoms with van der Waals surface area (Å²) >= 11 is 1.29. The number of benzene rings is 3. The van der Waals surface area contributed by atoms with E-state index in [2.05, 4.69) is 26.8 Å². The Hall–Kier alpha value is -4.22. The third-order valence-corrected chi connectivity index (χ3v) is 5.72. The fraction of sp³-hybridized carbons (Fsp3) is 0.0800. The van der Waals surface area contributed by atoms with Crippen molar-refractivity contribution in [2.24, 2.45) is 5.10 Å². The molecule has 0 aliphatic carbocycles. The van der Waals surface area contributed by atoms with E-state index in [4.69, 9.17) is 5.26 Å². The smallest absolute Gasteiger partial charge is 0.250 e. The van der Waals surface area contributed by atoms with E-state index >= 15 is 0 Å². The van der Waals surface area contributed by atoms with Crippen LogP contribution in [0.4, 0.5) is 0 Å². The van der Waals surface area contributed by atoms with Crippen LogP contribution in [0.3, 0.4) is 0 Å². The number of amides is 1. The Bertz CT molecular complexity index is 1310. The van der Waals surface area contributed by atoms with Crippen molar-refractivity contribution in [1.29, 1.82) is 5.26 Å². The molecule has 0 bridgehead atoms. The normalized spacial score (nSPS) is 11.1. The molecule has 0 fully saturated rings. The van der Waals surface area contributed by atoms with Crippen LogP contribution in [0.2, 0.25) is 0 Å². The summed E-state index contributed by atoms with van der Waals surface area (Å²) in [6.45, 7) is 1.80. The Morgan fingerprint density at radius 3 is 2.33 bits per heavy atom. The maximum atomic E-state index is 12.4. The molecule has 1 N–H and O–H groups in total. The van der Waals surface area contributed by atoms with E-state index in [1.54, 1.807) is 31.2 Å². The second kappa shape index (κ2) is 10.4. The zero-order chi connectivity index (χ0) is 23.0. The average molecular weight is 453 g/mol. The number of rotatable bonds is 7. The SMILES string of the molecule is C/C(=N/NC(=O)CSc1nnc(-c2ccccc2)n1-c1ccccc1)c1ccc(C#N)cc1. The summed E-state index contributed by atoms with van der Waals surface area (Å²) in [5.74, 6) is 0.584. The van der Waals surface area contributed by atoms with Gasteiger partial charge in [-0.25, -0.2) is 5.43 Å². The number of carbonyl (C=O) groups is 1. The van der Waals surface area contributed by atoms with E-state index in [1.165, 1.54) is 11.8 Å². The minimum absolute atomic E-state index is 0.129. The largest absolute Gasteiger partial charge is 0.272 e. The highest BCUT2D eigenvalue weighted by Gasteiger charge is 2.17. The molecular weight excluding hydrogens is 432 g/mol. The molecule has 4 rings (SSSR count). The highest BCUT2D eigenvalue weighted by Crippen LogP contribution is 2.27. The fourth-order valence-corrected chi connectivity index (χ4v) is 3.85. The second-order valence-electron chi connectivity index (χ2n) is 7.05. The van der Waals surface area contributed by atoms with Crippen LogP contribution in [0.15, 0.2) is 95.2 Å². The topological polar surface area (TPSA) is 96.0 Å². The number of para-hydroxylation sites is 1. The lowest BCUT2D eigenvalue weighted by molar-refractivity contribution is -0.118. The predicted molar refractivity (Wildman–Crippen MR) is 129 cm³/mol. The molecule has 0 aliphatic heterocycles. The van der Waals surface area contributed by atoms with Crippen LogP contribution in [-0.4, -0.2) is 32.1 Å². The second-order valence-corrected chi connectivity index (χ2v) is 8.00. The van der Waals surface area contributed by atoms with Gasteiger partial charge in [0.2, 0.25) is 0 Å². The molecule has 7 nitrogen and oxygen atoms in total. The molecular formula is C25H20N6OS. The summed E-state index contributed by atoms with van der Waals surface area (Å²) in [4.78, 5) is 12.4. The molecule has 1 amide bonds. The number of nitrogens with zero attached hydrogens (tertiary/aromatic N) is 5. The number of aromatic nitrogens is 3. The minimum atomic E-state index is -0.253. The Morgan fingerprint density at radius 2 is 1.67 bits per heavy atom. The summed E-state index contributed by atoms with van der Waals surface area (Å²) < 4.78 is 1.94. The van der Waals surface area contributed by atoms with Crippen molar-refractivity contribution < 1.29 is 4.79 Å². The lowest BCUT2D eigenvalue weighted by Crippen LogP contribution is -2.21. The first kappa shape index (κ1) is 22.0. The van der Waals surface area contributed by atoms with Crippen LogP contribution in [0.5, 0.6) is 0 Å². The average Bonchev–Trinajstić information content (AvgIpc) is 3.31. The van der Waals surface area contributed by atoms with Gasteiger partial charge in [-0.15, -0.1) is 10.2 Å². The van der Waals surface area contributed by atoms with E-state index < -0.39 is 0 Å². The molecule has 162 valence electrons. The van der Waals surface area contributed by atoms with Gasteiger partial charge in [-0.3, -0.25) is 9.36 Å². The Labute approximate surface area is 195 Å². The third-order valence-electron chi connectivity index (χ3n) is 4.79. The maximum Gasteiger partial charge on any atom is 0.250 e. The molecule has 3 aromatic carbocycles. The molecule has 0 saturated carbocycles. The van der Waals surface area contributed by atoms with Crippen LogP contribution < -0.4 is 5.43 Å². The number of carbonyl (C=O) groups excluding carboxylic acids is 1. The first-order valence-corrected chi connectivity index (χ1v) is 11.2.